The summed E-state index contributed by atoms with van der Waals surface area (Å²) >= 11 is 0. The van der Waals surface area contributed by atoms with Crippen LogP contribution < -0.4 is 5.32 Å². The van der Waals surface area contributed by atoms with E-state index in [1.807, 2.05) is 20.8 Å². The Morgan fingerprint density at radius 2 is 2.00 bits per heavy atom. The summed E-state index contributed by atoms with van der Waals surface area (Å²) in [7, 11) is 0. The fraction of sp³-hybridized carbons (Fsp3) is 0.929. The number of rotatable bonds is 4. The van der Waals surface area contributed by atoms with E-state index in [9.17, 15) is 4.79 Å². The molecule has 1 heterocycles. The van der Waals surface area contributed by atoms with Crippen LogP contribution in [0.3, 0.4) is 0 Å². The number of hydrogen-bond acceptors (Lipinski definition) is 3. The molecule has 1 saturated heterocycles. The SMILES string of the molecule is CC(C)(C)OC(=O)NCC1(CC2CO2)CCCC1. The fourth-order valence-electron chi connectivity index (χ4n) is 2.82. The molecule has 2 aliphatic rings. The molecule has 1 unspecified atom stereocenters. The van der Waals surface area contributed by atoms with Crippen molar-refractivity contribution in [1.82, 2.24) is 5.32 Å². The first-order valence-electron chi connectivity index (χ1n) is 6.97. The highest BCUT2D eigenvalue weighted by Gasteiger charge is 2.40. The number of carbonyl (C=O) groups excluding carboxylic acids is 1. The second kappa shape index (κ2) is 5.08. The van der Waals surface area contributed by atoms with E-state index >= 15 is 0 Å². The van der Waals surface area contributed by atoms with Crippen LogP contribution in [-0.2, 0) is 9.47 Å². The summed E-state index contributed by atoms with van der Waals surface area (Å²) in [5.74, 6) is 0. The van der Waals surface area contributed by atoms with Crippen molar-refractivity contribution < 1.29 is 14.3 Å². The Morgan fingerprint density at radius 1 is 1.39 bits per heavy atom. The number of epoxide rings is 1. The van der Waals surface area contributed by atoms with Crippen molar-refractivity contribution >= 4 is 6.09 Å². The van der Waals surface area contributed by atoms with E-state index < -0.39 is 5.60 Å². The zero-order chi connectivity index (χ0) is 13.2. The van der Waals surface area contributed by atoms with Gasteiger partial charge in [-0.25, -0.2) is 4.79 Å². The third-order valence-corrected chi connectivity index (χ3v) is 3.73. The molecule has 18 heavy (non-hydrogen) atoms. The third kappa shape index (κ3) is 4.16. The first kappa shape index (κ1) is 13.7. The highest BCUT2D eigenvalue weighted by molar-refractivity contribution is 5.67. The molecule has 2 fully saturated rings. The normalized spacial score (nSPS) is 25.8. The molecule has 0 aromatic carbocycles. The summed E-state index contributed by atoms with van der Waals surface area (Å²) in [6.07, 6.45) is 6.15. The number of hydrogen-bond donors (Lipinski definition) is 1. The molecular weight excluding hydrogens is 230 g/mol. The lowest BCUT2D eigenvalue weighted by molar-refractivity contribution is 0.0494. The van der Waals surface area contributed by atoms with Gasteiger partial charge in [-0.15, -0.1) is 0 Å². The highest BCUT2D eigenvalue weighted by atomic mass is 16.6. The molecule has 0 aromatic heterocycles. The first-order chi connectivity index (χ1) is 8.39. The van der Waals surface area contributed by atoms with Gasteiger partial charge in [-0.3, -0.25) is 0 Å². The van der Waals surface area contributed by atoms with Gasteiger partial charge in [-0.05, 0) is 45.4 Å². The maximum atomic E-state index is 11.7. The Morgan fingerprint density at radius 3 is 2.50 bits per heavy atom. The lowest BCUT2D eigenvalue weighted by Crippen LogP contribution is -2.39. The summed E-state index contributed by atoms with van der Waals surface area (Å²) in [6.45, 7) is 7.28. The number of carbonyl (C=O) groups is 1. The molecule has 1 atom stereocenters. The van der Waals surface area contributed by atoms with Gasteiger partial charge in [0.05, 0.1) is 12.7 Å². The predicted octanol–water partition coefficient (Wildman–Crippen LogP) is 2.86. The van der Waals surface area contributed by atoms with E-state index in [4.69, 9.17) is 9.47 Å². The minimum absolute atomic E-state index is 0.248. The lowest BCUT2D eigenvalue weighted by Gasteiger charge is -2.29. The van der Waals surface area contributed by atoms with Crippen LogP contribution in [0.5, 0.6) is 0 Å². The van der Waals surface area contributed by atoms with Crippen LogP contribution in [0.2, 0.25) is 0 Å². The van der Waals surface area contributed by atoms with Crippen LogP contribution in [-0.4, -0.2) is 30.9 Å². The van der Waals surface area contributed by atoms with Crippen LogP contribution in [0.15, 0.2) is 0 Å². The molecule has 1 saturated carbocycles. The van der Waals surface area contributed by atoms with E-state index in [0.717, 1.165) is 19.6 Å². The maximum absolute atomic E-state index is 11.7. The van der Waals surface area contributed by atoms with E-state index in [0.29, 0.717) is 6.10 Å². The van der Waals surface area contributed by atoms with Crippen molar-refractivity contribution in [3.8, 4) is 0 Å². The van der Waals surface area contributed by atoms with Gasteiger partial charge >= 0.3 is 6.09 Å². The Hall–Kier alpha value is -0.770. The third-order valence-electron chi connectivity index (χ3n) is 3.73. The summed E-state index contributed by atoms with van der Waals surface area (Å²) in [5, 5.41) is 2.94. The van der Waals surface area contributed by atoms with Gasteiger partial charge in [0.2, 0.25) is 0 Å². The molecule has 4 heteroatoms. The molecule has 1 amide bonds. The van der Waals surface area contributed by atoms with Gasteiger partial charge in [-0.1, -0.05) is 12.8 Å². The number of ether oxygens (including phenoxy) is 2. The Kier molecular flexibility index (Phi) is 3.85. The van der Waals surface area contributed by atoms with Crippen LogP contribution >= 0.6 is 0 Å². The van der Waals surface area contributed by atoms with Gasteiger partial charge in [0.25, 0.3) is 0 Å². The van der Waals surface area contributed by atoms with Crippen molar-refractivity contribution in [3.63, 3.8) is 0 Å². The fourth-order valence-corrected chi connectivity index (χ4v) is 2.82. The van der Waals surface area contributed by atoms with E-state index in [2.05, 4.69) is 5.32 Å². The molecule has 1 aliphatic heterocycles. The van der Waals surface area contributed by atoms with E-state index in [1.54, 1.807) is 0 Å². The second-order valence-electron chi connectivity index (χ2n) is 6.72. The first-order valence-corrected chi connectivity index (χ1v) is 6.97. The molecule has 1 aliphatic carbocycles. The zero-order valence-corrected chi connectivity index (χ0v) is 11.8. The van der Waals surface area contributed by atoms with Crippen molar-refractivity contribution in [2.24, 2.45) is 5.41 Å². The lowest BCUT2D eigenvalue weighted by atomic mass is 9.81. The van der Waals surface area contributed by atoms with Crippen LogP contribution in [0.25, 0.3) is 0 Å². The standard InChI is InChI=1S/C14H25NO3/c1-13(2,3)18-12(16)15-10-14(6-4-5-7-14)8-11-9-17-11/h11H,4-10H2,1-3H3,(H,15,16). The summed E-state index contributed by atoms with van der Waals surface area (Å²) in [6, 6.07) is 0. The topological polar surface area (TPSA) is 50.9 Å². The minimum Gasteiger partial charge on any atom is -0.444 e. The van der Waals surface area contributed by atoms with E-state index in [-0.39, 0.29) is 11.5 Å². The van der Waals surface area contributed by atoms with Crippen molar-refractivity contribution in [3.05, 3.63) is 0 Å². The summed E-state index contributed by atoms with van der Waals surface area (Å²) in [5.41, 5.74) is -0.176. The second-order valence-corrected chi connectivity index (χ2v) is 6.72. The quantitative estimate of drug-likeness (QED) is 0.786. The number of amides is 1. The van der Waals surface area contributed by atoms with Crippen molar-refractivity contribution in [2.75, 3.05) is 13.2 Å². The molecule has 0 bridgehead atoms. The Bertz CT molecular complexity index is 299. The molecular formula is C14H25NO3. The van der Waals surface area contributed by atoms with Gasteiger partial charge < -0.3 is 14.8 Å². The maximum Gasteiger partial charge on any atom is 0.407 e. The van der Waals surface area contributed by atoms with Gasteiger partial charge in [0.15, 0.2) is 0 Å². The van der Waals surface area contributed by atoms with Crippen LogP contribution in [0.1, 0.15) is 52.9 Å². The minimum atomic E-state index is -0.424. The monoisotopic (exact) mass is 255 g/mol. The molecule has 104 valence electrons. The van der Waals surface area contributed by atoms with E-state index in [1.165, 1.54) is 25.7 Å². The summed E-state index contributed by atoms with van der Waals surface area (Å²) < 4.78 is 10.6. The highest BCUT2D eigenvalue weighted by Crippen LogP contribution is 2.43. The number of nitrogens with one attached hydrogen (secondary N) is 1. The molecule has 0 spiro atoms. The summed E-state index contributed by atoms with van der Waals surface area (Å²) in [4.78, 5) is 11.7. The van der Waals surface area contributed by atoms with Crippen molar-refractivity contribution in [1.29, 1.82) is 0 Å². The van der Waals surface area contributed by atoms with Crippen LogP contribution in [0, 0.1) is 5.41 Å². The molecule has 4 nitrogen and oxygen atoms in total. The average molecular weight is 255 g/mol. The Labute approximate surface area is 109 Å². The smallest absolute Gasteiger partial charge is 0.407 e. The average Bonchev–Trinajstić information content (AvgIpc) is 2.90. The molecule has 0 radical (unpaired) electrons. The van der Waals surface area contributed by atoms with Crippen molar-refractivity contribution in [2.45, 2.75) is 64.6 Å². The Balaban J connectivity index is 1.80. The van der Waals surface area contributed by atoms with Crippen LogP contribution in [0.4, 0.5) is 4.79 Å². The largest absolute Gasteiger partial charge is 0.444 e. The molecule has 0 aromatic rings. The van der Waals surface area contributed by atoms with Gasteiger partial charge in [-0.2, -0.15) is 0 Å². The number of alkyl carbamates (subject to hydrolysis) is 1. The molecule has 1 N–H and O–H groups in total. The molecule has 2 rings (SSSR count). The zero-order valence-electron chi connectivity index (χ0n) is 11.8. The van der Waals surface area contributed by atoms with Gasteiger partial charge in [0.1, 0.15) is 5.60 Å². The van der Waals surface area contributed by atoms with Gasteiger partial charge in [0, 0.05) is 6.54 Å². The predicted molar refractivity (Wildman–Crippen MR) is 69.5 cm³/mol.